The van der Waals surface area contributed by atoms with E-state index in [1.807, 2.05) is 12.2 Å². The fourth-order valence-corrected chi connectivity index (χ4v) is 4.42. The van der Waals surface area contributed by atoms with Crippen LogP contribution in [-0.2, 0) is 19.1 Å². The monoisotopic (exact) mass is 382 g/mol. The minimum absolute atomic E-state index is 0.0649. The number of methoxy groups -OCH3 is 1. The van der Waals surface area contributed by atoms with Gasteiger partial charge in [0.05, 0.1) is 31.3 Å². The van der Waals surface area contributed by atoms with Gasteiger partial charge in [-0.15, -0.1) is 0 Å². The van der Waals surface area contributed by atoms with Crippen LogP contribution in [0.15, 0.2) is 34.4 Å². The van der Waals surface area contributed by atoms with Crippen LogP contribution < -0.4 is 0 Å². The first kappa shape index (κ1) is 19.9. The van der Waals surface area contributed by atoms with Gasteiger partial charge < -0.3 is 14.6 Å². The lowest BCUT2D eigenvalue weighted by Gasteiger charge is -2.32. The van der Waals surface area contributed by atoms with E-state index in [0.717, 1.165) is 5.57 Å². The molecule has 0 spiro atoms. The molecule has 7 heteroatoms. The Hall–Kier alpha value is -2.90. The lowest BCUT2D eigenvalue weighted by atomic mass is 9.68. The van der Waals surface area contributed by atoms with E-state index in [4.69, 9.17) is 9.47 Å². The molecule has 0 aromatic heterocycles. The number of hydrogen-bond acceptors (Lipinski definition) is 7. The third-order valence-electron chi connectivity index (χ3n) is 5.84. The molecule has 28 heavy (non-hydrogen) atoms. The Morgan fingerprint density at radius 3 is 2.68 bits per heavy atom. The molecule has 0 bridgehead atoms. The largest absolute Gasteiger partial charge is 0.469 e. The lowest BCUT2D eigenvalue weighted by molar-refractivity contribution is -0.146. The van der Waals surface area contributed by atoms with Crippen LogP contribution in [0.4, 0.5) is 0 Å². The summed E-state index contributed by atoms with van der Waals surface area (Å²) < 4.78 is 9.94. The standard InChI is InChI=1S/C21H22N2O5/c1-12(24)28-9-17-16-8-21(10-22,11-23)18-4-3-13(20(26)27-2)5-15(18)6-14(16)7-19(17)25/h4,6,13,15,19,25H,3,5,7-9H2,1-2H3/t13-,15-,19?/m0/s1. The molecule has 3 atom stereocenters. The fraction of sp³-hybridized carbons (Fsp3) is 0.524. The van der Waals surface area contributed by atoms with Crippen molar-refractivity contribution in [3.8, 4) is 12.1 Å². The zero-order chi connectivity index (χ0) is 20.5. The number of ether oxygens (including phenoxy) is 2. The third-order valence-corrected chi connectivity index (χ3v) is 5.84. The Morgan fingerprint density at radius 2 is 2.07 bits per heavy atom. The van der Waals surface area contributed by atoms with E-state index in [0.29, 0.717) is 36.0 Å². The van der Waals surface area contributed by atoms with Gasteiger partial charge in [0.1, 0.15) is 6.61 Å². The second-order valence-corrected chi connectivity index (χ2v) is 7.46. The molecule has 0 amide bonds. The van der Waals surface area contributed by atoms with E-state index in [9.17, 15) is 25.2 Å². The Morgan fingerprint density at radius 1 is 1.36 bits per heavy atom. The van der Waals surface area contributed by atoms with Gasteiger partial charge in [-0.3, -0.25) is 9.59 Å². The van der Waals surface area contributed by atoms with E-state index in [1.165, 1.54) is 14.0 Å². The molecule has 3 rings (SSSR count). The minimum Gasteiger partial charge on any atom is -0.469 e. The second kappa shape index (κ2) is 7.61. The van der Waals surface area contributed by atoms with Crippen LogP contribution in [0.1, 0.15) is 32.6 Å². The summed E-state index contributed by atoms with van der Waals surface area (Å²) in [4.78, 5) is 23.2. The number of esters is 2. The summed E-state index contributed by atoms with van der Waals surface area (Å²) in [5.41, 5.74) is 1.42. The number of allylic oxidation sites excluding steroid dienone is 4. The summed E-state index contributed by atoms with van der Waals surface area (Å²) in [6.07, 6.45) is 4.31. The summed E-state index contributed by atoms with van der Waals surface area (Å²) in [7, 11) is 1.34. The maximum Gasteiger partial charge on any atom is 0.309 e. The summed E-state index contributed by atoms with van der Waals surface area (Å²) in [5.74, 6) is -1.36. The molecule has 146 valence electrons. The van der Waals surface area contributed by atoms with Gasteiger partial charge in [-0.05, 0) is 35.1 Å². The number of carbonyl (C=O) groups is 2. The van der Waals surface area contributed by atoms with Gasteiger partial charge in [0.2, 0.25) is 0 Å². The highest BCUT2D eigenvalue weighted by atomic mass is 16.5. The van der Waals surface area contributed by atoms with E-state index >= 15 is 0 Å². The van der Waals surface area contributed by atoms with E-state index in [-0.39, 0.29) is 30.8 Å². The van der Waals surface area contributed by atoms with Crippen LogP contribution in [0.25, 0.3) is 0 Å². The molecule has 0 aliphatic heterocycles. The van der Waals surface area contributed by atoms with Crippen LogP contribution in [0.3, 0.4) is 0 Å². The average molecular weight is 382 g/mol. The molecule has 7 nitrogen and oxygen atoms in total. The van der Waals surface area contributed by atoms with Gasteiger partial charge in [0.25, 0.3) is 0 Å². The Balaban J connectivity index is 2.08. The molecule has 3 aliphatic carbocycles. The number of aliphatic hydroxyl groups excluding tert-OH is 1. The highest BCUT2D eigenvalue weighted by molar-refractivity contribution is 5.73. The molecule has 1 N–H and O–H groups in total. The van der Waals surface area contributed by atoms with Gasteiger partial charge >= 0.3 is 11.9 Å². The summed E-state index contributed by atoms with van der Waals surface area (Å²) in [5, 5.41) is 30.3. The van der Waals surface area contributed by atoms with Crippen molar-refractivity contribution in [2.45, 2.75) is 38.7 Å². The number of nitriles is 2. The van der Waals surface area contributed by atoms with E-state index in [1.54, 1.807) is 0 Å². The highest BCUT2D eigenvalue weighted by Crippen LogP contribution is 2.51. The van der Waals surface area contributed by atoms with Gasteiger partial charge in [-0.25, -0.2) is 0 Å². The molecule has 3 aliphatic rings. The van der Waals surface area contributed by atoms with Crippen molar-refractivity contribution >= 4 is 11.9 Å². The van der Waals surface area contributed by atoms with Crippen molar-refractivity contribution < 1.29 is 24.2 Å². The van der Waals surface area contributed by atoms with Crippen molar-refractivity contribution in [1.82, 2.24) is 0 Å². The van der Waals surface area contributed by atoms with Crippen molar-refractivity contribution in [2.75, 3.05) is 13.7 Å². The molecule has 0 aromatic carbocycles. The Bertz CT molecular complexity index is 869. The summed E-state index contributed by atoms with van der Waals surface area (Å²) >= 11 is 0. The van der Waals surface area contributed by atoms with Crippen LogP contribution in [0, 0.1) is 39.9 Å². The molecular weight excluding hydrogens is 360 g/mol. The number of rotatable bonds is 3. The topological polar surface area (TPSA) is 120 Å². The molecule has 0 saturated heterocycles. The summed E-state index contributed by atoms with van der Waals surface area (Å²) in [6, 6.07) is 4.35. The van der Waals surface area contributed by atoms with Crippen molar-refractivity contribution in [1.29, 1.82) is 10.5 Å². The molecular formula is C21H22N2O5. The van der Waals surface area contributed by atoms with Crippen LogP contribution >= 0.6 is 0 Å². The average Bonchev–Trinajstić information content (AvgIpc) is 2.89. The van der Waals surface area contributed by atoms with Gasteiger partial charge in [-0.1, -0.05) is 12.2 Å². The van der Waals surface area contributed by atoms with Crippen LogP contribution in [-0.4, -0.2) is 36.9 Å². The van der Waals surface area contributed by atoms with Crippen molar-refractivity contribution in [3.63, 3.8) is 0 Å². The SMILES string of the molecule is COC(=O)[C@H]1CC=C2[C@H](C=C3CC(O)C(COC(C)=O)=C3CC2(C#N)C#N)C1. The molecule has 0 radical (unpaired) electrons. The number of carbonyl (C=O) groups excluding carboxylic acids is 2. The lowest BCUT2D eigenvalue weighted by Crippen LogP contribution is -2.30. The van der Waals surface area contributed by atoms with Crippen LogP contribution in [0.5, 0.6) is 0 Å². The van der Waals surface area contributed by atoms with E-state index < -0.39 is 17.5 Å². The fourth-order valence-electron chi connectivity index (χ4n) is 4.42. The molecule has 0 fully saturated rings. The number of fused-ring (bicyclic) bond motifs is 2. The normalized spacial score (nSPS) is 27.8. The van der Waals surface area contributed by atoms with Gasteiger partial charge in [-0.2, -0.15) is 10.5 Å². The first-order valence-corrected chi connectivity index (χ1v) is 9.20. The number of hydrogen-bond donors (Lipinski definition) is 1. The van der Waals surface area contributed by atoms with Crippen LogP contribution in [0.2, 0.25) is 0 Å². The molecule has 0 aromatic rings. The Labute approximate surface area is 163 Å². The zero-order valence-corrected chi connectivity index (χ0v) is 15.9. The minimum atomic E-state index is -1.38. The smallest absolute Gasteiger partial charge is 0.309 e. The zero-order valence-electron chi connectivity index (χ0n) is 15.9. The molecule has 1 unspecified atom stereocenters. The number of aliphatic hydroxyl groups is 1. The quantitative estimate of drug-likeness (QED) is 0.586. The van der Waals surface area contributed by atoms with Gasteiger partial charge in [0, 0.05) is 25.7 Å². The second-order valence-electron chi connectivity index (χ2n) is 7.46. The highest BCUT2D eigenvalue weighted by Gasteiger charge is 2.47. The third kappa shape index (κ3) is 3.34. The van der Waals surface area contributed by atoms with E-state index in [2.05, 4.69) is 12.1 Å². The molecule has 0 saturated carbocycles. The maximum atomic E-state index is 12.0. The van der Waals surface area contributed by atoms with Crippen molar-refractivity contribution in [3.05, 3.63) is 34.4 Å². The predicted molar refractivity (Wildman–Crippen MR) is 97.0 cm³/mol. The summed E-state index contributed by atoms with van der Waals surface area (Å²) in [6.45, 7) is 1.22. The van der Waals surface area contributed by atoms with Crippen molar-refractivity contribution in [2.24, 2.45) is 17.3 Å². The first-order valence-electron chi connectivity index (χ1n) is 9.20. The first-order chi connectivity index (χ1) is 13.3. The number of nitrogens with zero attached hydrogens (tertiary/aromatic N) is 2. The maximum absolute atomic E-state index is 12.0. The Kier molecular flexibility index (Phi) is 5.40. The van der Waals surface area contributed by atoms with Gasteiger partial charge in [0.15, 0.2) is 5.41 Å². The predicted octanol–water partition coefficient (Wildman–Crippen LogP) is 2.10. The molecule has 0 heterocycles.